The molecule has 0 aliphatic carbocycles. The van der Waals surface area contributed by atoms with E-state index in [0.717, 1.165) is 0 Å². The molecule has 0 amide bonds. The number of hydrogen-bond donors (Lipinski definition) is 1. The van der Waals surface area contributed by atoms with Gasteiger partial charge in [0.1, 0.15) is 5.92 Å². The second-order valence-electron chi connectivity index (χ2n) is 4.69. The highest BCUT2D eigenvalue weighted by Crippen LogP contribution is 2.43. The molecule has 1 unspecified atom stereocenters. The van der Waals surface area contributed by atoms with E-state index in [4.69, 9.17) is 5.73 Å². The van der Waals surface area contributed by atoms with Crippen molar-refractivity contribution < 1.29 is 17.8 Å². The molecular weight excluding hydrogens is 299 g/mol. The molecule has 2 N–H and O–H groups in total. The summed E-state index contributed by atoms with van der Waals surface area (Å²) in [5.41, 5.74) is 5.54. The first-order chi connectivity index (χ1) is 10.4. The highest BCUT2D eigenvalue weighted by Gasteiger charge is 2.45. The first-order valence-electron chi connectivity index (χ1n) is 6.25. The predicted octanol–water partition coefficient (Wildman–Crippen LogP) is 2.60. The topological polar surface area (TPSA) is 90.7 Å². The number of aromatic nitrogens is 4. The lowest BCUT2D eigenvalue weighted by atomic mass is 9.91. The van der Waals surface area contributed by atoms with Gasteiger partial charge in [-0.2, -0.15) is 13.2 Å². The lowest BCUT2D eigenvalue weighted by Crippen LogP contribution is -2.25. The molecular formula is C13H10F3N5O. The minimum Gasteiger partial charge on any atom is -0.396 e. The summed E-state index contributed by atoms with van der Waals surface area (Å²) in [7, 11) is 0. The lowest BCUT2D eigenvalue weighted by molar-refractivity contribution is -0.141. The average molecular weight is 309 g/mol. The molecule has 0 fully saturated rings. The molecule has 3 aromatic rings. The Kier molecular flexibility index (Phi) is 3.19. The normalized spacial score (nSPS) is 13.5. The van der Waals surface area contributed by atoms with Gasteiger partial charge in [0.15, 0.2) is 5.52 Å². The van der Waals surface area contributed by atoms with Crippen LogP contribution in [0.4, 0.5) is 18.9 Å². The van der Waals surface area contributed by atoms with Crippen molar-refractivity contribution in [3.8, 4) is 0 Å². The standard InChI is InChI=1S/C13H10F3N5O/c1-6-8(10(17)11-12(19-6)21-22-20-11)9(13(14,15)16)7-4-2-3-5-18-7/h2-5,9H,17H2,1H3. The number of nitrogen functional groups attached to an aromatic ring is 1. The maximum absolute atomic E-state index is 13.6. The van der Waals surface area contributed by atoms with Crippen molar-refractivity contribution in [2.75, 3.05) is 5.73 Å². The van der Waals surface area contributed by atoms with Crippen molar-refractivity contribution >= 4 is 16.9 Å². The maximum atomic E-state index is 13.6. The minimum absolute atomic E-state index is 0.00535. The molecule has 0 aromatic carbocycles. The van der Waals surface area contributed by atoms with Crippen LogP contribution in [0.3, 0.4) is 0 Å². The van der Waals surface area contributed by atoms with Gasteiger partial charge in [-0.15, -0.1) is 0 Å². The molecule has 0 radical (unpaired) electrons. The van der Waals surface area contributed by atoms with Gasteiger partial charge in [-0.3, -0.25) is 4.98 Å². The zero-order chi connectivity index (χ0) is 15.9. The molecule has 9 heteroatoms. The van der Waals surface area contributed by atoms with Gasteiger partial charge in [-0.25, -0.2) is 9.61 Å². The Labute approximate surface area is 122 Å². The van der Waals surface area contributed by atoms with Crippen LogP contribution in [0.1, 0.15) is 22.9 Å². The Bertz CT molecular complexity index is 816. The van der Waals surface area contributed by atoms with E-state index in [1.165, 1.54) is 31.3 Å². The molecule has 3 aromatic heterocycles. The molecule has 0 saturated carbocycles. The Morgan fingerprint density at radius 3 is 2.64 bits per heavy atom. The molecule has 0 aliphatic rings. The largest absolute Gasteiger partial charge is 0.401 e. The van der Waals surface area contributed by atoms with Gasteiger partial charge in [-0.05, 0) is 29.4 Å². The van der Waals surface area contributed by atoms with Crippen LogP contribution in [0, 0.1) is 6.92 Å². The number of pyridine rings is 2. The van der Waals surface area contributed by atoms with Gasteiger partial charge in [0.05, 0.1) is 11.4 Å². The van der Waals surface area contributed by atoms with Crippen LogP contribution in [-0.4, -0.2) is 26.5 Å². The van der Waals surface area contributed by atoms with Crippen LogP contribution >= 0.6 is 0 Å². The SMILES string of the molecule is Cc1nc2nonc2c(N)c1C(c1ccccn1)C(F)(F)F. The zero-order valence-electron chi connectivity index (χ0n) is 11.3. The Morgan fingerprint density at radius 2 is 2.00 bits per heavy atom. The minimum atomic E-state index is -4.58. The summed E-state index contributed by atoms with van der Waals surface area (Å²) in [4.78, 5) is 7.79. The van der Waals surface area contributed by atoms with Crippen molar-refractivity contribution in [1.82, 2.24) is 20.3 Å². The Hall–Kier alpha value is -2.71. The quantitative estimate of drug-likeness (QED) is 0.782. The van der Waals surface area contributed by atoms with Crippen LogP contribution in [0.15, 0.2) is 29.0 Å². The third-order valence-electron chi connectivity index (χ3n) is 3.28. The van der Waals surface area contributed by atoms with E-state index in [9.17, 15) is 13.2 Å². The van der Waals surface area contributed by atoms with Crippen molar-refractivity contribution in [2.24, 2.45) is 0 Å². The van der Waals surface area contributed by atoms with Gasteiger partial charge in [0.2, 0.25) is 5.65 Å². The summed E-state index contributed by atoms with van der Waals surface area (Å²) in [6.07, 6.45) is -3.29. The van der Waals surface area contributed by atoms with E-state index in [2.05, 4.69) is 24.9 Å². The van der Waals surface area contributed by atoms with E-state index < -0.39 is 12.1 Å². The number of nitrogens with two attached hydrogens (primary N) is 1. The summed E-state index contributed by atoms with van der Waals surface area (Å²) in [6.45, 7) is 1.43. The van der Waals surface area contributed by atoms with E-state index in [1.807, 2.05) is 0 Å². The number of hydrogen-bond acceptors (Lipinski definition) is 6. The van der Waals surface area contributed by atoms with Crippen LogP contribution in [0.5, 0.6) is 0 Å². The number of aryl methyl sites for hydroxylation is 1. The molecule has 3 heterocycles. The number of rotatable bonds is 2. The first-order valence-corrected chi connectivity index (χ1v) is 6.25. The highest BCUT2D eigenvalue weighted by molar-refractivity contribution is 5.86. The summed E-state index contributed by atoms with van der Waals surface area (Å²) in [6, 6.07) is 4.31. The highest BCUT2D eigenvalue weighted by atomic mass is 19.4. The molecule has 22 heavy (non-hydrogen) atoms. The molecule has 114 valence electrons. The van der Waals surface area contributed by atoms with Crippen LogP contribution in [0.2, 0.25) is 0 Å². The third kappa shape index (κ3) is 2.24. The van der Waals surface area contributed by atoms with Gasteiger partial charge in [-0.1, -0.05) is 6.07 Å². The lowest BCUT2D eigenvalue weighted by Gasteiger charge is -2.22. The summed E-state index contributed by atoms with van der Waals surface area (Å²) in [5.74, 6) is -2.00. The van der Waals surface area contributed by atoms with Crippen molar-refractivity contribution in [3.05, 3.63) is 41.3 Å². The molecule has 0 aliphatic heterocycles. The molecule has 0 saturated heterocycles. The predicted molar refractivity (Wildman–Crippen MR) is 70.9 cm³/mol. The second-order valence-corrected chi connectivity index (χ2v) is 4.69. The number of fused-ring (bicyclic) bond motifs is 1. The van der Waals surface area contributed by atoms with E-state index in [-0.39, 0.29) is 33.8 Å². The fraction of sp³-hybridized carbons (Fsp3) is 0.231. The van der Waals surface area contributed by atoms with Crippen LogP contribution < -0.4 is 5.73 Å². The number of halogens is 3. The van der Waals surface area contributed by atoms with Crippen LogP contribution in [0.25, 0.3) is 11.2 Å². The monoisotopic (exact) mass is 309 g/mol. The smallest absolute Gasteiger partial charge is 0.396 e. The molecule has 3 rings (SSSR count). The summed E-state index contributed by atoms with van der Waals surface area (Å²) >= 11 is 0. The van der Waals surface area contributed by atoms with Crippen molar-refractivity contribution in [3.63, 3.8) is 0 Å². The third-order valence-corrected chi connectivity index (χ3v) is 3.28. The average Bonchev–Trinajstić information content (AvgIpc) is 2.91. The Balaban J connectivity index is 2.29. The second kappa shape index (κ2) is 4.93. The summed E-state index contributed by atoms with van der Waals surface area (Å²) in [5, 5.41) is 7.02. The van der Waals surface area contributed by atoms with Crippen molar-refractivity contribution in [1.29, 1.82) is 0 Å². The molecule has 6 nitrogen and oxygen atoms in total. The van der Waals surface area contributed by atoms with E-state index in [0.29, 0.717) is 0 Å². The van der Waals surface area contributed by atoms with Gasteiger partial charge >= 0.3 is 6.18 Å². The number of nitrogens with zero attached hydrogens (tertiary/aromatic N) is 4. The zero-order valence-corrected chi connectivity index (χ0v) is 11.3. The fourth-order valence-corrected chi connectivity index (χ4v) is 2.36. The van der Waals surface area contributed by atoms with Gasteiger partial charge in [0, 0.05) is 17.5 Å². The first kappa shape index (κ1) is 14.2. The van der Waals surface area contributed by atoms with Crippen LogP contribution in [-0.2, 0) is 0 Å². The van der Waals surface area contributed by atoms with E-state index in [1.54, 1.807) is 0 Å². The molecule has 1 atom stereocenters. The fourth-order valence-electron chi connectivity index (χ4n) is 2.36. The Morgan fingerprint density at radius 1 is 1.23 bits per heavy atom. The van der Waals surface area contributed by atoms with Crippen molar-refractivity contribution in [2.45, 2.75) is 19.0 Å². The summed E-state index contributed by atoms with van der Waals surface area (Å²) < 4.78 is 45.3. The van der Waals surface area contributed by atoms with Gasteiger partial charge < -0.3 is 5.73 Å². The molecule has 0 spiro atoms. The number of anilines is 1. The van der Waals surface area contributed by atoms with E-state index >= 15 is 0 Å². The molecule has 0 bridgehead atoms. The number of alkyl halides is 3. The maximum Gasteiger partial charge on any atom is 0.401 e. The van der Waals surface area contributed by atoms with Gasteiger partial charge in [0.25, 0.3) is 0 Å².